The van der Waals surface area contributed by atoms with Gasteiger partial charge in [-0.3, -0.25) is 0 Å². The van der Waals surface area contributed by atoms with Crippen molar-refractivity contribution in [2.75, 3.05) is 26.4 Å². The lowest BCUT2D eigenvalue weighted by atomic mass is 9.74. The lowest BCUT2D eigenvalue weighted by Crippen LogP contribution is -2.43. The van der Waals surface area contributed by atoms with Gasteiger partial charge in [-0.25, -0.2) is 0 Å². The van der Waals surface area contributed by atoms with Crippen molar-refractivity contribution in [3.8, 4) is 0 Å². The summed E-state index contributed by atoms with van der Waals surface area (Å²) in [5.74, 6) is 2.57. The lowest BCUT2D eigenvalue weighted by molar-refractivity contribution is -0.108. The molecule has 0 aromatic rings. The Morgan fingerprint density at radius 2 is 2.11 bits per heavy atom. The molecule has 19 heavy (non-hydrogen) atoms. The van der Waals surface area contributed by atoms with Crippen molar-refractivity contribution in [1.29, 1.82) is 0 Å². The second kappa shape index (κ2) is 5.71. The van der Waals surface area contributed by atoms with E-state index in [0.717, 1.165) is 56.6 Å². The van der Waals surface area contributed by atoms with E-state index in [9.17, 15) is 0 Å². The minimum absolute atomic E-state index is 0.0823. The van der Waals surface area contributed by atoms with Crippen LogP contribution >= 0.6 is 0 Å². The zero-order chi connectivity index (χ0) is 13.3. The quantitative estimate of drug-likeness (QED) is 0.852. The summed E-state index contributed by atoms with van der Waals surface area (Å²) < 4.78 is 11.7. The first-order valence-electron chi connectivity index (χ1n) is 8.19. The van der Waals surface area contributed by atoms with Crippen molar-refractivity contribution in [2.45, 2.75) is 57.6 Å². The number of hydrogen-bond acceptors (Lipinski definition) is 3. The minimum Gasteiger partial charge on any atom is -0.378 e. The van der Waals surface area contributed by atoms with Crippen LogP contribution in [-0.2, 0) is 9.47 Å². The summed E-state index contributed by atoms with van der Waals surface area (Å²) in [5.41, 5.74) is 0.0823. The van der Waals surface area contributed by atoms with E-state index in [-0.39, 0.29) is 5.60 Å². The van der Waals surface area contributed by atoms with E-state index >= 15 is 0 Å². The van der Waals surface area contributed by atoms with E-state index in [4.69, 9.17) is 9.47 Å². The van der Waals surface area contributed by atoms with Crippen LogP contribution in [0.15, 0.2) is 0 Å². The van der Waals surface area contributed by atoms with Crippen LogP contribution in [0.2, 0.25) is 0 Å². The lowest BCUT2D eigenvalue weighted by Gasteiger charge is -2.41. The van der Waals surface area contributed by atoms with Crippen LogP contribution in [0.5, 0.6) is 0 Å². The molecule has 0 aromatic heterocycles. The second-order valence-corrected chi connectivity index (χ2v) is 6.85. The third-order valence-corrected chi connectivity index (χ3v) is 5.79. The Bertz CT molecular complexity index is 301. The largest absolute Gasteiger partial charge is 0.378 e. The van der Waals surface area contributed by atoms with E-state index in [1.165, 1.54) is 25.7 Å². The molecule has 1 aliphatic carbocycles. The maximum Gasteiger partial charge on any atom is 0.0939 e. The van der Waals surface area contributed by atoms with Crippen LogP contribution in [0.25, 0.3) is 0 Å². The van der Waals surface area contributed by atoms with Crippen LogP contribution in [-0.4, -0.2) is 38.0 Å². The summed E-state index contributed by atoms with van der Waals surface area (Å²) in [5, 5.41) is 3.67. The first-order chi connectivity index (χ1) is 9.24. The highest BCUT2D eigenvalue weighted by atomic mass is 16.6. The average Bonchev–Trinajstić information content (AvgIpc) is 2.99. The van der Waals surface area contributed by atoms with Gasteiger partial charge in [0.1, 0.15) is 0 Å². The number of hydrogen-bond donors (Lipinski definition) is 1. The highest BCUT2D eigenvalue weighted by Crippen LogP contribution is 2.45. The van der Waals surface area contributed by atoms with Crippen molar-refractivity contribution in [2.24, 2.45) is 17.8 Å². The molecule has 2 heterocycles. The number of nitrogens with one attached hydrogen (secondary N) is 1. The van der Waals surface area contributed by atoms with Crippen molar-refractivity contribution in [3.05, 3.63) is 0 Å². The van der Waals surface area contributed by atoms with Crippen molar-refractivity contribution in [3.63, 3.8) is 0 Å². The summed E-state index contributed by atoms with van der Waals surface area (Å²) in [7, 11) is 0. The molecule has 0 bridgehead atoms. The van der Waals surface area contributed by atoms with Gasteiger partial charge in [-0.1, -0.05) is 13.8 Å². The Morgan fingerprint density at radius 3 is 2.84 bits per heavy atom. The van der Waals surface area contributed by atoms with Crippen LogP contribution in [0.4, 0.5) is 0 Å². The first kappa shape index (κ1) is 13.8. The Hall–Kier alpha value is -0.120. The van der Waals surface area contributed by atoms with E-state index < -0.39 is 0 Å². The maximum atomic E-state index is 6.09. The molecule has 3 aliphatic rings. The molecule has 0 aromatic carbocycles. The monoisotopic (exact) mass is 267 g/mol. The third-order valence-electron chi connectivity index (χ3n) is 5.79. The number of ether oxygens (including phenoxy) is 2. The SMILES string of the molecule is CCNC1CCC(C2CCOC3(CCOC3)C2)C1C. The zero-order valence-corrected chi connectivity index (χ0v) is 12.5. The van der Waals surface area contributed by atoms with Crippen molar-refractivity contribution in [1.82, 2.24) is 5.32 Å². The molecule has 1 spiro atoms. The van der Waals surface area contributed by atoms with Crippen LogP contribution in [0.3, 0.4) is 0 Å². The second-order valence-electron chi connectivity index (χ2n) is 6.85. The molecule has 5 atom stereocenters. The summed E-state index contributed by atoms with van der Waals surface area (Å²) in [4.78, 5) is 0. The molecule has 2 aliphatic heterocycles. The summed E-state index contributed by atoms with van der Waals surface area (Å²) in [6.45, 7) is 8.46. The van der Waals surface area contributed by atoms with Gasteiger partial charge in [0.05, 0.1) is 12.2 Å². The highest BCUT2D eigenvalue weighted by molar-refractivity contribution is 4.96. The van der Waals surface area contributed by atoms with E-state index in [2.05, 4.69) is 19.2 Å². The number of rotatable bonds is 3. The van der Waals surface area contributed by atoms with Crippen LogP contribution in [0.1, 0.15) is 46.0 Å². The normalized spacial score (nSPS) is 47.1. The van der Waals surface area contributed by atoms with Gasteiger partial charge >= 0.3 is 0 Å². The first-order valence-corrected chi connectivity index (χ1v) is 8.19. The highest BCUT2D eigenvalue weighted by Gasteiger charge is 2.46. The van der Waals surface area contributed by atoms with Crippen LogP contribution < -0.4 is 5.32 Å². The van der Waals surface area contributed by atoms with E-state index in [0.29, 0.717) is 0 Å². The molecular formula is C16H29NO2. The van der Waals surface area contributed by atoms with Gasteiger partial charge in [0, 0.05) is 25.7 Å². The van der Waals surface area contributed by atoms with E-state index in [1.807, 2.05) is 0 Å². The predicted octanol–water partition coefficient (Wildman–Crippen LogP) is 2.60. The maximum absolute atomic E-state index is 6.09. The summed E-state index contributed by atoms with van der Waals surface area (Å²) in [6.07, 6.45) is 6.37. The Balaban J connectivity index is 1.62. The van der Waals surface area contributed by atoms with Crippen molar-refractivity contribution < 1.29 is 9.47 Å². The van der Waals surface area contributed by atoms with E-state index in [1.54, 1.807) is 0 Å². The fraction of sp³-hybridized carbons (Fsp3) is 1.00. The molecule has 1 saturated carbocycles. The summed E-state index contributed by atoms with van der Waals surface area (Å²) >= 11 is 0. The topological polar surface area (TPSA) is 30.5 Å². The summed E-state index contributed by atoms with van der Waals surface area (Å²) in [6, 6.07) is 0.744. The molecule has 3 nitrogen and oxygen atoms in total. The average molecular weight is 267 g/mol. The molecule has 110 valence electrons. The molecule has 5 unspecified atom stereocenters. The van der Waals surface area contributed by atoms with Gasteiger partial charge in [-0.2, -0.15) is 0 Å². The smallest absolute Gasteiger partial charge is 0.0939 e. The Labute approximate surface area is 117 Å². The molecule has 0 radical (unpaired) electrons. The zero-order valence-electron chi connectivity index (χ0n) is 12.5. The molecule has 3 rings (SSSR count). The standard InChI is InChI=1S/C16H29NO2/c1-3-17-15-5-4-14(12(15)2)13-6-8-19-16(10-13)7-9-18-11-16/h12-15,17H,3-11H2,1-2H3. The molecule has 3 fully saturated rings. The predicted molar refractivity (Wildman–Crippen MR) is 76.2 cm³/mol. The molecular weight excluding hydrogens is 238 g/mol. The Kier molecular flexibility index (Phi) is 4.16. The fourth-order valence-corrected chi connectivity index (χ4v) is 4.71. The molecule has 3 heteroatoms. The van der Waals surface area contributed by atoms with Gasteiger partial charge in [-0.15, -0.1) is 0 Å². The Morgan fingerprint density at radius 1 is 1.21 bits per heavy atom. The van der Waals surface area contributed by atoms with Gasteiger partial charge in [0.15, 0.2) is 0 Å². The third kappa shape index (κ3) is 2.70. The fourth-order valence-electron chi connectivity index (χ4n) is 4.71. The van der Waals surface area contributed by atoms with Gasteiger partial charge < -0.3 is 14.8 Å². The van der Waals surface area contributed by atoms with Crippen molar-refractivity contribution >= 4 is 0 Å². The molecule has 2 saturated heterocycles. The van der Waals surface area contributed by atoms with Gasteiger partial charge in [-0.05, 0) is 50.0 Å². The van der Waals surface area contributed by atoms with Crippen LogP contribution in [0, 0.1) is 17.8 Å². The molecule has 0 amide bonds. The minimum atomic E-state index is 0.0823. The van der Waals surface area contributed by atoms with Gasteiger partial charge in [0.2, 0.25) is 0 Å². The van der Waals surface area contributed by atoms with Gasteiger partial charge in [0.25, 0.3) is 0 Å². The molecule has 1 N–H and O–H groups in total.